The Kier molecular flexibility index (Phi) is 5.14. The summed E-state index contributed by atoms with van der Waals surface area (Å²) in [4.78, 5) is 11.3. The molecule has 0 spiro atoms. The maximum Gasteiger partial charge on any atom is 0.339 e. The molecule has 0 heterocycles. The van der Waals surface area contributed by atoms with Crippen LogP contribution >= 0.6 is 0 Å². The molecule has 0 aliphatic rings. The lowest BCUT2D eigenvalue weighted by Crippen LogP contribution is -2.34. The number of aromatic carboxylic acids is 1. The van der Waals surface area contributed by atoms with E-state index in [1.165, 1.54) is 34.6 Å². The predicted molar refractivity (Wildman–Crippen MR) is 90.9 cm³/mol. The van der Waals surface area contributed by atoms with Crippen molar-refractivity contribution in [2.45, 2.75) is 18.7 Å². The van der Waals surface area contributed by atoms with Gasteiger partial charge < -0.3 is 10.2 Å². The molecular weight excluding hydrogens is 330 g/mol. The Morgan fingerprint density at radius 3 is 2.29 bits per heavy atom. The van der Waals surface area contributed by atoms with Crippen molar-refractivity contribution in [3.63, 3.8) is 0 Å². The number of carboxylic acids is 1. The smallest absolute Gasteiger partial charge is 0.339 e. The van der Waals surface area contributed by atoms with Crippen LogP contribution in [0.3, 0.4) is 0 Å². The number of aromatic hydroxyl groups is 1. The van der Waals surface area contributed by atoms with Gasteiger partial charge >= 0.3 is 5.97 Å². The Bertz CT molecular complexity index is 831. The molecule has 2 aromatic rings. The number of hydrogen-bond acceptors (Lipinski definition) is 4. The number of benzene rings is 2. The first-order chi connectivity index (χ1) is 11.2. The molecule has 0 aromatic heterocycles. The van der Waals surface area contributed by atoms with Gasteiger partial charge in [-0.25, -0.2) is 13.2 Å². The normalized spacial score (nSPS) is 11.5. The Hall–Kier alpha value is -2.54. The largest absolute Gasteiger partial charge is 0.507 e. The van der Waals surface area contributed by atoms with Crippen LogP contribution in [0, 0.1) is 5.92 Å². The van der Waals surface area contributed by atoms with Gasteiger partial charge in [-0.2, -0.15) is 0 Å². The third-order valence-electron chi connectivity index (χ3n) is 3.36. The molecule has 128 valence electrons. The molecule has 0 aliphatic carbocycles. The maximum atomic E-state index is 13.0. The van der Waals surface area contributed by atoms with Gasteiger partial charge in [-0.3, -0.25) is 4.31 Å². The molecule has 2 N–H and O–H groups in total. The summed E-state index contributed by atoms with van der Waals surface area (Å²) in [5, 5.41) is 18.8. The fraction of sp³-hybridized carbons (Fsp3) is 0.235. The zero-order chi connectivity index (χ0) is 17.9. The van der Waals surface area contributed by atoms with Crippen LogP contribution in [0.2, 0.25) is 0 Å². The first-order valence-electron chi connectivity index (χ1n) is 7.37. The lowest BCUT2D eigenvalue weighted by Gasteiger charge is -2.26. The number of carbonyl (C=O) groups is 1. The van der Waals surface area contributed by atoms with E-state index in [0.29, 0.717) is 0 Å². The van der Waals surface area contributed by atoms with Crippen LogP contribution in [0.25, 0.3) is 0 Å². The highest BCUT2D eigenvalue weighted by Crippen LogP contribution is 2.29. The van der Waals surface area contributed by atoms with Crippen LogP contribution < -0.4 is 4.31 Å². The Morgan fingerprint density at radius 1 is 1.12 bits per heavy atom. The van der Waals surface area contributed by atoms with E-state index < -0.39 is 21.7 Å². The van der Waals surface area contributed by atoms with E-state index in [4.69, 9.17) is 5.11 Å². The summed E-state index contributed by atoms with van der Waals surface area (Å²) in [5.41, 5.74) is -0.146. The van der Waals surface area contributed by atoms with Gasteiger partial charge in [-0.05, 0) is 36.2 Å². The highest BCUT2D eigenvalue weighted by Gasteiger charge is 2.26. The molecule has 24 heavy (non-hydrogen) atoms. The van der Waals surface area contributed by atoms with Crippen LogP contribution in [0.1, 0.15) is 24.2 Å². The lowest BCUT2D eigenvalue weighted by atomic mass is 10.1. The molecule has 0 radical (unpaired) electrons. The Morgan fingerprint density at radius 2 is 1.75 bits per heavy atom. The SMILES string of the molecule is CC(C)CN(c1ccc(O)c(C(=O)O)c1)S(=O)(=O)c1ccccc1. The first-order valence-corrected chi connectivity index (χ1v) is 8.81. The number of phenols is 1. The van der Waals surface area contributed by atoms with Gasteiger partial charge in [-0.15, -0.1) is 0 Å². The monoisotopic (exact) mass is 349 g/mol. The van der Waals surface area contributed by atoms with Crippen molar-refractivity contribution < 1.29 is 23.4 Å². The topological polar surface area (TPSA) is 94.9 Å². The summed E-state index contributed by atoms with van der Waals surface area (Å²) < 4.78 is 27.1. The lowest BCUT2D eigenvalue weighted by molar-refractivity contribution is 0.0693. The molecule has 0 fully saturated rings. The van der Waals surface area contributed by atoms with Crippen molar-refractivity contribution in [2.75, 3.05) is 10.8 Å². The minimum Gasteiger partial charge on any atom is -0.507 e. The van der Waals surface area contributed by atoms with Gasteiger partial charge in [0.25, 0.3) is 10.0 Å². The van der Waals surface area contributed by atoms with E-state index >= 15 is 0 Å². The number of hydrogen-bond donors (Lipinski definition) is 2. The van der Waals surface area contributed by atoms with Gasteiger partial charge in [0.1, 0.15) is 11.3 Å². The van der Waals surface area contributed by atoms with E-state index in [0.717, 1.165) is 0 Å². The van der Waals surface area contributed by atoms with Gasteiger partial charge in [0.2, 0.25) is 0 Å². The number of carboxylic acid groups (broad SMARTS) is 1. The summed E-state index contributed by atoms with van der Waals surface area (Å²) in [6, 6.07) is 11.7. The maximum absolute atomic E-state index is 13.0. The van der Waals surface area contributed by atoms with Crippen molar-refractivity contribution >= 4 is 21.7 Å². The standard InChI is InChI=1S/C17H19NO5S/c1-12(2)11-18(24(22,23)14-6-4-3-5-7-14)13-8-9-16(19)15(10-13)17(20)21/h3-10,12,19H,11H2,1-2H3,(H,20,21). The summed E-state index contributed by atoms with van der Waals surface area (Å²) >= 11 is 0. The zero-order valence-electron chi connectivity index (χ0n) is 13.4. The van der Waals surface area contributed by atoms with Gasteiger partial charge in [0, 0.05) is 6.54 Å². The third-order valence-corrected chi connectivity index (χ3v) is 5.17. The second-order valence-corrected chi connectivity index (χ2v) is 7.61. The minimum atomic E-state index is -3.85. The highest BCUT2D eigenvalue weighted by molar-refractivity contribution is 7.92. The average Bonchev–Trinajstić information content (AvgIpc) is 2.53. The average molecular weight is 349 g/mol. The van der Waals surface area contributed by atoms with E-state index in [1.807, 2.05) is 13.8 Å². The third kappa shape index (κ3) is 3.68. The van der Waals surface area contributed by atoms with Crippen LogP contribution in [-0.2, 0) is 10.0 Å². The van der Waals surface area contributed by atoms with E-state index in [1.54, 1.807) is 18.2 Å². The van der Waals surface area contributed by atoms with Gasteiger partial charge in [-0.1, -0.05) is 32.0 Å². The van der Waals surface area contributed by atoms with Crippen molar-refractivity contribution in [3.05, 3.63) is 54.1 Å². The van der Waals surface area contributed by atoms with Crippen LogP contribution in [-0.4, -0.2) is 31.1 Å². The summed E-state index contributed by atoms with van der Waals surface area (Å²) in [5.74, 6) is -1.71. The Labute approximate surface area is 141 Å². The summed E-state index contributed by atoms with van der Waals surface area (Å²) in [6.45, 7) is 3.92. The molecule has 0 aliphatic heterocycles. The molecule has 6 nitrogen and oxygen atoms in total. The van der Waals surface area contributed by atoms with Crippen molar-refractivity contribution in [1.82, 2.24) is 0 Å². The summed E-state index contributed by atoms with van der Waals surface area (Å²) in [6.07, 6.45) is 0. The fourth-order valence-electron chi connectivity index (χ4n) is 2.24. The molecule has 0 unspecified atom stereocenters. The highest BCUT2D eigenvalue weighted by atomic mass is 32.2. The van der Waals surface area contributed by atoms with E-state index in [2.05, 4.69) is 0 Å². The number of nitrogens with zero attached hydrogens (tertiary/aromatic N) is 1. The number of anilines is 1. The van der Waals surface area contributed by atoms with Crippen molar-refractivity contribution in [2.24, 2.45) is 5.92 Å². The van der Waals surface area contributed by atoms with Crippen molar-refractivity contribution in [1.29, 1.82) is 0 Å². The second-order valence-electron chi connectivity index (χ2n) is 5.75. The fourth-order valence-corrected chi connectivity index (χ4v) is 3.89. The van der Waals surface area contributed by atoms with Crippen molar-refractivity contribution in [3.8, 4) is 5.75 Å². The quantitative estimate of drug-likeness (QED) is 0.836. The molecule has 0 bridgehead atoms. The van der Waals surface area contributed by atoms with Crippen LogP contribution in [0.4, 0.5) is 5.69 Å². The molecule has 2 aromatic carbocycles. The first kappa shape index (κ1) is 17.8. The molecule has 0 saturated carbocycles. The van der Waals surface area contributed by atoms with E-state index in [9.17, 15) is 18.3 Å². The number of rotatable bonds is 6. The summed E-state index contributed by atoms with van der Waals surface area (Å²) in [7, 11) is -3.85. The number of sulfonamides is 1. The zero-order valence-corrected chi connectivity index (χ0v) is 14.2. The molecule has 2 rings (SSSR count). The molecule has 0 saturated heterocycles. The second kappa shape index (κ2) is 6.92. The van der Waals surface area contributed by atoms with Gasteiger partial charge in [0.05, 0.1) is 10.6 Å². The Balaban J connectivity index is 2.58. The molecule has 0 amide bonds. The molecular formula is C17H19NO5S. The minimum absolute atomic E-state index is 0.0190. The van der Waals surface area contributed by atoms with Gasteiger partial charge in [0.15, 0.2) is 0 Å². The predicted octanol–water partition coefficient (Wildman–Crippen LogP) is 2.94. The molecule has 7 heteroatoms. The molecule has 0 atom stereocenters. The van der Waals surface area contributed by atoms with Crippen LogP contribution in [0.5, 0.6) is 5.75 Å². The van der Waals surface area contributed by atoms with E-state index in [-0.39, 0.29) is 28.6 Å². The van der Waals surface area contributed by atoms with Crippen LogP contribution in [0.15, 0.2) is 53.4 Å².